The largest absolute Gasteiger partial charge is 0.473 e. The van der Waals surface area contributed by atoms with E-state index in [1.807, 2.05) is 0 Å². The summed E-state index contributed by atoms with van der Waals surface area (Å²) in [5, 5.41) is 44.3. The van der Waals surface area contributed by atoms with Crippen LogP contribution in [0.5, 0.6) is 0 Å². The van der Waals surface area contributed by atoms with E-state index < -0.39 is 35.8 Å². The normalized spacial score (nSPS) is 6.29. The molecule has 0 aromatic rings. The molecule has 0 saturated heterocycles. The van der Waals surface area contributed by atoms with Crippen LogP contribution in [0, 0.1) is 0 Å². The van der Waals surface area contributed by atoms with Crippen LogP contribution in [-0.4, -0.2) is 66.5 Å². The molecular weight excluding hydrogens is 370 g/mol. The summed E-state index contributed by atoms with van der Waals surface area (Å²) >= 11 is 0. The Kier molecular flexibility index (Phi) is 34.6. The second-order valence-corrected chi connectivity index (χ2v) is 1.83. The monoisotopic (exact) mass is 378 g/mol. The van der Waals surface area contributed by atoms with Crippen LogP contribution in [0.25, 0.3) is 0 Å². The SMILES string of the molecule is Cl.Cl.Cl.O=C(O)C(=O)O.O=C(O)C(=O)O.O=C(O)C(=O)O. The molecule has 0 radical (unpaired) electrons. The maximum atomic E-state index is 9.10. The van der Waals surface area contributed by atoms with Crippen molar-refractivity contribution in [2.45, 2.75) is 0 Å². The molecule has 0 heterocycles. The highest BCUT2D eigenvalue weighted by molar-refractivity contribution is 6.28. The molecule has 12 nitrogen and oxygen atoms in total. The molecule has 126 valence electrons. The molecule has 0 aliphatic carbocycles. The molecule has 15 heteroatoms. The van der Waals surface area contributed by atoms with Crippen LogP contribution in [0.3, 0.4) is 0 Å². The molecule has 0 unspecified atom stereocenters. The first-order valence-corrected chi connectivity index (χ1v) is 3.32. The Labute approximate surface area is 133 Å². The summed E-state index contributed by atoms with van der Waals surface area (Å²) in [5.74, 6) is -10.9. The quantitative estimate of drug-likeness (QED) is 0.271. The predicted molar refractivity (Wildman–Crippen MR) is 67.6 cm³/mol. The molecule has 0 aromatic heterocycles. The molecule has 0 aliphatic rings. The van der Waals surface area contributed by atoms with Crippen molar-refractivity contribution in [1.82, 2.24) is 0 Å². The molecule has 21 heavy (non-hydrogen) atoms. The number of carbonyl (C=O) groups is 6. The van der Waals surface area contributed by atoms with Crippen LogP contribution in [0.15, 0.2) is 0 Å². The van der Waals surface area contributed by atoms with Crippen LogP contribution < -0.4 is 0 Å². The average molecular weight is 379 g/mol. The van der Waals surface area contributed by atoms with Gasteiger partial charge in [-0.15, -0.1) is 37.2 Å². The minimum Gasteiger partial charge on any atom is -0.473 e. The smallest absolute Gasteiger partial charge is 0.414 e. The number of rotatable bonds is 0. The zero-order valence-corrected chi connectivity index (χ0v) is 11.8. The lowest BCUT2D eigenvalue weighted by Gasteiger charge is -1.72. The van der Waals surface area contributed by atoms with Gasteiger partial charge in [0.25, 0.3) is 0 Å². The molecule has 6 N–H and O–H groups in total. The van der Waals surface area contributed by atoms with E-state index in [2.05, 4.69) is 0 Å². The van der Waals surface area contributed by atoms with Gasteiger partial charge < -0.3 is 30.6 Å². The van der Waals surface area contributed by atoms with Crippen molar-refractivity contribution in [1.29, 1.82) is 0 Å². The maximum Gasteiger partial charge on any atom is 0.414 e. The van der Waals surface area contributed by atoms with E-state index in [9.17, 15) is 0 Å². The van der Waals surface area contributed by atoms with Crippen molar-refractivity contribution in [3.63, 3.8) is 0 Å². The summed E-state index contributed by atoms with van der Waals surface area (Å²) in [6.07, 6.45) is 0. The summed E-state index contributed by atoms with van der Waals surface area (Å²) in [4.78, 5) is 54.6. The fraction of sp³-hybridized carbons (Fsp3) is 0. The van der Waals surface area contributed by atoms with Crippen molar-refractivity contribution in [3.05, 3.63) is 0 Å². The molecular formula is C6H9Cl3O12. The van der Waals surface area contributed by atoms with Gasteiger partial charge in [0.1, 0.15) is 0 Å². The summed E-state index contributed by atoms with van der Waals surface area (Å²) in [7, 11) is 0. The van der Waals surface area contributed by atoms with Crippen LogP contribution >= 0.6 is 37.2 Å². The molecule has 0 amide bonds. The maximum absolute atomic E-state index is 9.10. The summed E-state index contributed by atoms with van der Waals surface area (Å²) < 4.78 is 0. The van der Waals surface area contributed by atoms with Gasteiger partial charge >= 0.3 is 35.8 Å². The van der Waals surface area contributed by atoms with Gasteiger partial charge in [-0.2, -0.15) is 0 Å². The lowest BCUT2D eigenvalue weighted by atomic mass is 10.7. The Morgan fingerprint density at radius 2 is 0.381 bits per heavy atom. The lowest BCUT2D eigenvalue weighted by molar-refractivity contribution is -0.159. The topological polar surface area (TPSA) is 224 Å². The Bertz CT molecular complexity index is 284. The van der Waals surface area contributed by atoms with Crippen LogP contribution in [0.1, 0.15) is 0 Å². The van der Waals surface area contributed by atoms with E-state index in [1.54, 1.807) is 0 Å². The zero-order valence-electron chi connectivity index (χ0n) is 9.36. The second kappa shape index (κ2) is 20.0. The van der Waals surface area contributed by atoms with Crippen molar-refractivity contribution in [3.8, 4) is 0 Å². The third-order valence-electron chi connectivity index (χ3n) is 0.549. The van der Waals surface area contributed by atoms with E-state index in [-0.39, 0.29) is 37.2 Å². The molecule has 0 saturated carbocycles. The van der Waals surface area contributed by atoms with E-state index in [1.165, 1.54) is 0 Å². The Morgan fingerprint density at radius 3 is 0.381 bits per heavy atom. The third-order valence-corrected chi connectivity index (χ3v) is 0.549. The van der Waals surface area contributed by atoms with E-state index >= 15 is 0 Å². The van der Waals surface area contributed by atoms with Gasteiger partial charge in [0, 0.05) is 0 Å². The van der Waals surface area contributed by atoms with Gasteiger partial charge in [-0.05, 0) is 0 Å². The van der Waals surface area contributed by atoms with Crippen molar-refractivity contribution in [2.24, 2.45) is 0 Å². The zero-order chi connectivity index (χ0) is 15.5. The molecule has 0 bridgehead atoms. The Balaban J connectivity index is -0.0000000375. The lowest BCUT2D eigenvalue weighted by Crippen LogP contribution is -2.09. The van der Waals surface area contributed by atoms with Gasteiger partial charge in [0.2, 0.25) is 0 Å². The van der Waals surface area contributed by atoms with Crippen LogP contribution in [-0.2, 0) is 28.8 Å². The fourth-order valence-corrected chi connectivity index (χ4v) is 0. The molecule has 0 rings (SSSR count). The average Bonchev–Trinajstić information content (AvgIpc) is 2.18. The van der Waals surface area contributed by atoms with Gasteiger partial charge in [0.15, 0.2) is 0 Å². The number of carboxylic acid groups (broad SMARTS) is 6. The summed E-state index contributed by atoms with van der Waals surface area (Å²) in [5.41, 5.74) is 0. The summed E-state index contributed by atoms with van der Waals surface area (Å²) in [6, 6.07) is 0. The number of carboxylic acids is 6. The molecule has 0 fully saturated rings. The van der Waals surface area contributed by atoms with Crippen molar-refractivity contribution >= 4 is 73.0 Å². The van der Waals surface area contributed by atoms with Crippen molar-refractivity contribution in [2.75, 3.05) is 0 Å². The predicted octanol–water partition coefficient (Wildman–Crippen LogP) is -1.27. The van der Waals surface area contributed by atoms with Gasteiger partial charge in [-0.3, -0.25) is 0 Å². The first kappa shape index (κ1) is 36.3. The van der Waals surface area contributed by atoms with E-state index in [0.717, 1.165) is 0 Å². The number of aliphatic carboxylic acids is 6. The number of halogens is 3. The Hall–Kier alpha value is -2.31. The molecule has 0 atom stereocenters. The van der Waals surface area contributed by atoms with Crippen LogP contribution in [0.2, 0.25) is 0 Å². The first-order chi connectivity index (χ1) is 7.93. The van der Waals surface area contributed by atoms with E-state index in [4.69, 9.17) is 59.4 Å². The molecule has 0 aliphatic heterocycles. The highest BCUT2D eigenvalue weighted by Crippen LogP contribution is 1.57. The number of hydrogen-bond donors (Lipinski definition) is 6. The minimum absolute atomic E-state index is 0. The first-order valence-electron chi connectivity index (χ1n) is 3.32. The standard InChI is InChI=1S/3C2H2O4.3ClH/c3*3-1(4)2(5)6;;;/h3*(H,3,4)(H,5,6);3*1H. The highest BCUT2D eigenvalue weighted by Gasteiger charge is 2.04. The van der Waals surface area contributed by atoms with Gasteiger partial charge in [-0.25, -0.2) is 28.8 Å². The number of hydrogen-bond acceptors (Lipinski definition) is 6. The summed E-state index contributed by atoms with van der Waals surface area (Å²) in [6.45, 7) is 0. The van der Waals surface area contributed by atoms with Crippen molar-refractivity contribution < 1.29 is 59.4 Å². The second-order valence-electron chi connectivity index (χ2n) is 1.83. The minimum atomic E-state index is -1.82. The van der Waals surface area contributed by atoms with Crippen LogP contribution in [0.4, 0.5) is 0 Å². The Morgan fingerprint density at radius 1 is 0.333 bits per heavy atom. The van der Waals surface area contributed by atoms with E-state index in [0.29, 0.717) is 0 Å². The van der Waals surface area contributed by atoms with Gasteiger partial charge in [-0.1, -0.05) is 0 Å². The molecule has 0 spiro atoms. The fourth-order valence-electron chi connectivity index (χ4n) is 0. The third kappa shape index (κ3) is 46.4. The highest BCUT2D eigenvalue weighted by atomic mass is 35.5. The van der Waals surface area contributed by atoms with Gasteiger partial charge in [0.05, 0.1) is 0 Å². The molecule has 0 aromatic carbocycles.